The zero-order chi connectivity index (χ0) is 18.7. The second-order valence-electron chi connectivity index (χ2n) is 5.49. The van der Waals surface area contributed by atoms with E-state index in [1.165, 1.54) is 36.6 Å². The molecule has 1 aromatic carbocycles. The van der Waals surface area contributed by atoms with E-state index in [2.05, 4.69) is 0 Å². The lowest BCUT2D eigenvalue weighted by molar-refractivity contribution is 0.0479. The van der Waals surface area contributed by atoms with Crippen molar-refractivity contribution in [1.29, 1.82) is 0 Å². The second-order valence-corrected chi connectivity index (χ2v) is 6.44. The van der Waals surface area contributed by atoms with Gasteiger partial charge in [-0.3, -0.25) is 19.3 Å². The van der Waals surface area contributed by atoms with Crippen molar-refractivity contribution in [2.75, 3.05) is 26.9 Å². The van der Waals surface area contributed by atoms with Crippen molar-refractivity contribution in [2.24, 2.45) is 0 Å². The lowest BCUT2D eigenvalue weighted by atomic mass is 10.0. The van der Waals surface area contributed by atoms with Crippen LogP contribution in [0.5, 0.6) is 0 Å². The molecule has 0 bridgehead atoms. The molecule has 8 heteroatoms. The van der Waals surface area contributed by atoms with Crippen LogP contribution in [0.2, 0.25) is 0 Å². The van der Waals surface area contributed by atoms with Crippen molar-refractivity contribution in [2.45, 2.75) is 0 Å². The van der Waals surface area contributed by atoms with Crippen molar-refractivity contribution in [3.8, 4) is 0 Å². The quantitative estimate of drug-likeness (QED) is 0.419. The fraction of sp³-hybridized carbons (Fsp3) is 0.222. The average Bonchev–Trinajstić information content (AvgIpc) is 3.26. The Bertz CT molecular complexity index is 874. The molecule has 0 N–H and O–H groups in total. The molecule has 26 heavy (non-hydrogen) atoms. The summed E-state index contributed by atoms with van der Waals surface area (Å²) in [7, 11) is 1.48. The van der Waals surface area contributed by atoms with Crippen LogP contribution in [0.3, 0.4) is 0 Å². The molecule has 0 saturated heterocycles. The van der Waals surface area contributed by atoms with Crippen LogP contribution in [0.1, 0.15) is 40.7 Å². The molecule has 1 aliphatic rings. The number of rotatable bonds is 7. The Morgan fingerprint density at radius 2 is 1.88 bits per heavy atom. The van der Waals surface area contributed by atoms with Crippen LogP contribution in [0.15, 0.2) is 35.7 Å². The molecular formula is C18H15NO6S. The predicted molar refractivity (Wildman–Crippen MR) is 92.6 cm³/mol. The van der Waals surface area contributed by atoms with Gasteiger partial charge in [-0.05, 0) is 23.6 Å². The summed E-state index contributed by atoms with van der Waals surface area (Å²) in [5.74, 6) is -1.91. The molecule has 134 valence electrons. The van der Waals surface area contributed by atoms with Gasteiger partial charge in [0.2, 0.25) is 0 Å². The van der Waals surface area contributed by atoms with E-state index < -0.39 is 30.2 Å². The van der Waals surface area contributed by atoms with Gasteiger partial charge in [0.25, 0.3) is 11.8 Å². The van der Waals surface area contributed by atoms with E-state index in [4.69, 9.17) is 9.47 Å². The van der Waals surface area contributed by atoms with Gasteiger partial charge in [-0.25, -0.2) is 4.79 Å². The van der Waals surface area contributed by atoms with E-state index in [1.54, 1.807) is 17.5 Å². The van der Waals surface area contributed by atoms with Gasteiger partial charge < -0.3 is 9.47 Å². The SMILES string of the molecule is COCCN1C(=O)c2ccc(C(=O)COC(=O)c3cccs3)cc2C1=O. The molecular weight excluding hydrogens is 358 g/mol. The Kier molecular flexibility index (Phi) is 5.24. The number of methoxy groups -OCH3 is 1. The number of imide groups is 1. The lowest BCUT2D eigenvalue weighted by Gasteiger charge is -2.12. The third-order valence-electron chi connectivity index (χ3n) is 3.87. The summed E-state index contributed by atoms with van der Waals surface area (Å²) in [5, 5.41) is 1.73. The van der Waals surface area contributed by atoms with Crippen molar-refractivity contribution >= 4 is 34.9 Å². The Balaban J connectivity index is 1.70. The molecule has 7 nitrogen and oxygen atoms in total. The molecule has 2 heterocycles. The van der Waals surface area contributed by atoms with Crippen LogP contribution in [0.4, 0.5) is 0 Å². The summed E-state index contributed by atoms with van der Waals surface area (Å²) < 4.78 is 9.89. The molecule has 0 aliphatic carbocycles. The smallest absolute Gasteiger partial charge is 0.348 e. The summed E-state index contributed by atoms with van der Waals surface area (Å²) in [6.45, 7) is -0.0640. The van der Waals surface area contributed by atoms with Gasteiger partial charge in [-0.15, -0.1) is 11.3 Å². The van der Waals surface area contributed by atoms with E-state index in [-0.39, 0.29) is 29.8 Å². The van der Waals surface area contributed by atoms with Crippen LogP contribution in [-0.2, 0) is 9.47 Å². The molecule has 0 atom stereocenters. The fourth-order valence-corrected chi connectivity index (χ4v) is 3.15. The third kappa shape index (κ3) is 3.42. The largest absolute Gasteiger partial charge is 0.453 e. The first-order valence-electron chi connectivity index (χ1n) is 7.76. The lowest BCUT2D eigenvalue weighted by Crippen LogP contribution is -2.32. The summed E-state index contributed by atoms with van der Waals surface area (Å²) in [5.41, 5.74) is 0.622. The average molecular weight is 373 g/mol. The maximum Gasteiger partial charge on any atom is 0.348 e. The van der Waals surface area contributed by atoms with Crippen LogP contribution in [-0.4, -0.2) is 55.3 Å². The summed E-state index contributed by atoms with van der Waals surface area (Å²) in [4.78, 5) is 50.1. The highest BCUT2D eigenvalue weighted by molar-refractivity contribution is 7.11. The van der Waals surface area contributed by atoms with E-state index >= 15 is 0 Å². The molecule has 1 aliphatic heterocycles. The number of thiophene rings is 1. The van der Waals surface area contributed by atoms with Crippen molar-refractivity contribution in [3.05, 3.63) is 57.3 Å². The summed E-state index contributed by atoms with van der Waals surface area (Å²) >= 11 is 1.22. The highest BCUT2D eigenvalue weighted by Gasteiger charge is 2.35. The van der Waals surface area contributed by atoms with Gasteiger partial charge in [-0.2, -0.15) is 0 Å². The molecule has 2 aromatic rings. The second kappa shape index (κ2) is 7.59. The molecule has 0 unspecified atom stereocenters. The maximum atomic E-state index is 12.4. The summed E-state index contributed by atoms with van der Waals surface area (Å²) in [6, 6.07) is 7.57. The number of benzene rings is 1. The number of ether oxygens (including phenoxy) is 2. The molecule has 0 saturated carbocycles. The minimum absolute atomic E-state index is 0.143. The number of ketones is 1. The maximum absolute atomic E-state index is 12.4. The van der Waals surface area contributed by atoms with E-state index in [0.29, 0.717) is 4.88 Å². The highest BCUT2D eigenvalue weighted by Crippen LogP contribution is 2.24. The minimum Gasteiger partial charge on any atom is -0.453 e. The first-order valence-corrected chi connectivity index (χ1v) is 8.64. The molecule has 0 spiro atoms. The standard InChI is InChI=1S/C18H15NO6S/c1-24-7-6-19-16(21)12-5-4-11(9-13(12)17(19)22)14(20)10-25-18(23)15-3-2-8-26-15/h2-5,8-9H,6-7,10H2,1H3. The van der Waals surface area contributed by atoms with Crippen LogP contribution < -0.4 is 0 Å². The van der Waals surface area contributed by atoms with Gasteiger partial charge >= 0.3 is 5.97 Å². The Labute approximate surface area is 153 Å². The van der Waals surface area contributed by atoms with Gasteiger partial charge in [-0.1, -0.05) is 12.1 Å². The number of esters is 1. The van der Waals surface area contributed by atoms with E-state index in [9.17, 15) is 19.2 Å². The first kappa shape index (κ1) is 18.0. The van der Waals surface area contributed by atoms with Crippen LogP contribution in [0.25, 0.3) is 0 Å². The van der Waals surface area contributed by atoms with Gasteiger partial charge in [0.05, 0.1) is 24.3 Å². The Morgan fingerprint density at radius 3 is 2.58 bits per heavy atom. The first-order chi connectivity index (χ1) is 12.5. The number of carbonyl (C=O) groups excluding carboxylic acids is 4. The Hall–Kier alpha value is -2.84. The van der Waals surface area contributed by atoms with E-state index in [0.717, 1.165) is 4.90 Å². The number of carbonyl (C=O) groups is 4. The van der Waals surface area contributed by atoms with Crippen LogP contribution in [0, 0.1) is 0 Å². The molecule has 2 amide bonds. The molecule has 0 fully saturated rings. The number of fused-ring (bicyclic) bond motifs is 1. The van der Waals surface area contributed by atoms with E-state index in [1.807, 2.05) is 0 Å². The number of nitrogens with zero attached hydrogens (tertiary/aromatic N) is 1. The number of Topliss-reactive ketones (excluding diaryl/α,β-unsaturated/α-hetero) is 1. The zero-order valence-corrected chi connectivity index (χ0v) is 14.7. The molecule has 0 radical (unpaired) electrons. The van der Waals surface area contributed by atoms with Gasteiger partial charge in [0.15, 0.2) is 12.4 Å². The number of hydrogen-bond acceptors (Lipinski definition) is 7. The molecule has 1 aromatic heterocycles. The summed E-state index contributed by atoms with van der Waals surface area (Å²) in [6.07, 6.45) is 0. The normalized spacial score (nSPS) is 13.0. The zero-order valence-electron chi connectivity index (χ0n) is 13.9. The molecule has 3 rings (SSSR count). The van der Waals surface area contributed by atoms with Crippen molar-refractivity contribution < 1.29 is 28.7 Å². The topological polar surface area (TPSA) is 90.0 Å². The Morgan fingerprint density at radius 1 is 1.12 bits per heavy atom. The predicted octanol–water partition coefficient (Wildman–Crippen LogP) is 2.03. The number of hydrogen-bond donors (Lipinski definition) is 0. The van der Waals surface area contributed by atoms with Crippen LogP contribution >= 0.6 is 11.3 Å². The fourth-order valence-electron chi connectivity index (χ4n) is 2.53. The monoisotopic (exact) mass is 373 g/mol. The van der Waals surface area contributed by atoms with Gasteiger partial charge in [0, 0.05) is 12.7 Å². The van der Waals surface area contributed by atoms with Crippen molar-refractivity contribution in [1.82, 2.24) is 4.90 Å². The number of amides is 2. The van der Waals surface area contributed by atoms with Crippen molar-refractivity contribution in [3.63, 3.8) is 0 Å². The highest BCUT2D eigenvalue weighted by atomic mass is 32.1. The third-order valence-corrected chi connectivity index (χ3v) is 4.72. The van der Waals surface area contributed by atoms with Gasteiger partial charge in [0.1, 0.15) is 4.88 Å². The minimum atomic E-state index is -0.577.